The number of piperidine rings is 1. The van der Waals surface area contributed by atoms with Gasteiger partial charge in [0.15, 0.2) is 0 Å². The molecule has 7 heteroatoms. The summed E-state index contributed by atoms with van der Waals surface area (Å²) in [4.78, 5) is 0.248. The summed E-state index contributed by atoms with van der Waals surface area (Å²) in [6.07, 6.45) is 1.84. The zero-order chi connectivity index (χ0) is 15.5. The van der Waals surface area contributed by atoms with Crippen molar-refractivity contribution in [1.82, 2.24) is 4.31 Å². The van der Waals surface area contributed by atoms with Crippen LogP contribution in [-0.4, -0.2) is 44.6 Å². The number of sulfonamides is 1. The van der Waals surface area contributed by atoms with Crippen LogP contribution in [0.1, 0.15) is 18.4 Å². The molecule has 0 amide bonds. The van der Waals surface area contributed by atoms with Crippen molar-refractivity contribution in [3.8, 4) is 0 Å². The molecule has 0 aliphatic carbocycles. The minimum Gasteiger partial charge on any atom is -0.392 e. The molecule has 1 aliphatic heterocycles. The Balaban J connectivity index is 2.25. The number of benzene rings is 1. The minimum absolute atomic E-state index is 0.113. The number of hydrogen-bond acceptors (Lipinski definition) is 4. The molecule has 0 spiro atoms. The lowest BCUT2D eigenvalue weighted by Gasteiger charge is -2.31. The Morgan fingerprint density at radius 2 is 2.24 bits per heavy atom. The van der Waals surface area contributed by atoms with Crippen LogP contribution < -0.4 is 0 Å². The zero-order valence-corrected chi connectivity index (χ0v) is 14.4. The van der Waals surface area contributed by atoms with Crippen LogP contribution in [0.5, 0.6) is 0 Å². The highest BCUT2D eigenvalue weighted by atomic mass is 79.9. The second-order valence-corrected chi connectivity index (χ2v) is 8.01. The maximum absolute atomic E-state index is 12.8. The predicted molar refractivity (Wildman–Crippen MR) is 83.4 cm³/mol. The van der Waals surface area contributed by atoms with Crippen molar-refractivity contribution in [2.24, 2.45) is 5.92 Å². The van der Waals surface area contributed by atoms with Gasteiger partial charge in [0.25, 0.3) is 0 Å². The van der Waals surface area contributed by atoms with E-state index in [2.05, 4.69) is 15.9 Å². The van der Waals surface area contributed by atoms with Crippen molar-refractivity contribution in [3.05, 3.63) is 28.2 Å². The summed E-state index contributed by atoms with van der Waals surface area (Å²) in [5.74, 6) is 0.244. The molecule has 1 saturated heterocycles. The van der Waals surface area contributed by atoms with E-state index in [-0.39, 0.29) is 17.4 Å². The van der Waals surface area contributed by atoms with Crippen molar-refractivity contribution < 1.29 is 18.3 Å². The van der Waals surface area contributed by atoms with E-state index in [1.54, 1.807) is 25.3 Å². The molecule has 21 heavy (non-hydrogen) atoms. The van der Waals surface area contributed by atoms with Crippen LogP contribution >= 0.6 is 15.9 Å². The largest absolute Gasteiger partial charge is 0.392 e. The summed E-state index contributed by atoms with van der Waals surface area (Å²) in [7, 11) is -1.88. The molecule has 0 aromatic heterocycles. The van der Waals surface area contributed by atoms with Crippen molar-refractivity contribution in [2.45, 2.75) is 24.3 Å². The number of aliphatic hydroxyl groups is 1. The third kappa shape index (κ3) is 3.84. The average Bonchev–Trinajstić information content (AvgIpc) is 2.47. The Hall–Kier alpha value is -0.470. The molecule has 1 aromatic carbocycles. The van der Waals surface area contributed by atoms with Crippen molar-refractivity contribution in [3.63, 3.8) is 0 Å². The molecule has 118 valence electrons. The van der Waals surface area contributed by atoms with E-state index in [4.69, 9.17) is 9.84 Å². The van der Waals surface area contributed by atoms with E-state index in [1.165, 1.54) is 4.31 Å². The summed E-state index contributed by atoms with van der Waals surface area (Å²) in [6.45, 7) is 1.50. The summed E-state index contributed by atoms with van der Waals surface area (Å²) in [6, 6.07) is 4.82. The van der Waals surface area contributed by atoms with Crippen LogP contribution in [0.15, 0.2) is 27.6 Å². The second kappa shape index (κ2) is 7.19. The van der Waals surface area contributed by atoms with Crippen LogP contribution in [0.3, 0.4) is 0 Å². The molecule has 1 heterocycles. The lowest BCUT2D eigenvalue weighted by Crippen LogP contribution is -2.41. The predicted octanol–water partition coefficient (Wildman–Crippen LogP) is 1.99. The molecule has 1 fully saturated rings. The van der Waals surface area contributed by atoms with Crippen LogP contribution in [0.25, 0.3) is 0 Å². The fourth-order valence-corrected chi connectivity index (χ4v) is 5.25. The molecule has 1 atom stereocenters. The van der Waals surface area contributed by atoms with Gasteiger partial charge in [-0.3, -0.25) is 0 Å². The van der Waals surface area contributed by atoms with Gasteiger partial charge in [-0.25, -0.2) is 8.42 Å². The van der Waals surface area contributed by atoms with Gasteiger partial charge in [-0.05, 0) is 52.4 Å². The smallest absolute Gasteiger partial charge is 0.244 e. The van der Waals surface area contributed by atoms with Crippen molar-refractivity contribution >= 4 is 26.0 Å². The normalized spacial score (nSPS) is 20.6. The summed E-state index contributed by atoms with van der Waals surface area (Å²) in [5, 5.41) is 9.10. The van der Waals surface area contributed by atoms with E-state index in [1.807, 2.05) is 0 Å². The molecule has 2 rings (SSSR count). The molecule has 0 radical (unpaired) electrons. The Morgan fingerprint density at radius 1 is 1.48 bits per heavy atom. The molecular weight excluding hydrogens is 358 g/mol. The van der Waals surface area contributed by atoms with Gasteiger partial charge >= 0.3 is 0 Å². The first kappa shape index (κ1) is 16.9. The summed E-state index contributed by atoms with van der Waals surface area (Å²) >= 11 is 3.29. The third-order valence-corrected chi connectivity index (χ3v) is 6.52. The summed E-state index contributed by atoms with van der Waals surface area (Å²) < 4.78 is 32.7. The zero-order valence-electron chi connectivity index (χ0n) is 12.0. The molecule has 1 N–H and O–H groups in total. The lowest BCUT2D eigenvalue weighted by atomic mass is 10.0. The van der Waals surface area contributed by atoms with E-state index in [9.17, 15) is 8.42 Å². The first-order valence-electron chi connectivity index (χ1n) is 6.87. The maximum Gasteiger partial charge on any atom is 0.244 e. The highest BCUT2D eigenvalue weighted by Gasteiger charge is 2.31. The van der Waals surface area contributed by atoms with Crippen molar-refractivity contribution in [2.75, 3.05) is 26.8 Å². The third-order valence-electron chi connectivity index (χ3n) is 3.68. The first-order valence-corrected chi connectivity index (χ1v) is 9.10. The SMILES string of the molecule is COCC1CCCN(S(=O)(=O)c2ccc(CO)cc2Br)C1. The molecule has 0 saturated carbocycles. The Bertz CT molecular complexity index is 589. The van der Waals surface area contributed by atoms with Gasteiger partial charge < -0.3 is 9.84 Å². The van der Waals surface area contributed by atoms with E-state index in [0.717, 1.165) is 12.8 Å². The quantitative estimate of drug-likeness (QED) is 0.851. The Kier molecular flexibility index (Phi) is 5.79. The van der Waals surface area contributed by atoms with Gasteiger partial charge in [0.2, 0.25) is 10.0 Å². The Morgan fingerprint density at radius 3 is 2.86 bits per heavy atom. The number of rotatable bonds is 5. The first-order chi connectivity index (χ1) is 9.98. The molecule has 1 unspecified atom stereocenters. The number of nitrogens with zero attached hydrogens (tertiary/aromatic N) is 1. The minimum atomic E-state index is -3.52. The fourth-order valence-electron chi connectivity index (χ4n) is 2.61. The topological polar surface area (TPSA) is 66.8 Å². The molecular formula is C14H20BrNO4S. The van der Waals surface area contributed by atoms with Gasteiger partial charge in [0, 0.05) is 24.7 Å². The lowest BCUT2D eigenvalue weighted by molar-refractivity contribution is 0.118. The monoisotopic (exact) mass is 377 g/mol. The Labute approximate surface area is 134 Å². The number of hydrogen-bond donors (Lipinski definition) is 1. The van der Waals surface area contributed by atoms with Gasteiger partial charge in [0.1, 0.15) is 0 Å². The van der Waals surface area contributed by atoms with Gasteiger partial charge in [0.05, 0.1) is 18.1 Å². The van der Waals surface area contributed by atoms with E-state index in [0.29, 0.717) is 29.7 Å². The highest BCUT2D eigenvalue weighted by molar-refractivity contribution is 9.10. The average molecular weight is 378 g/mol. The second-order valence-electron chi connectivity index (χ2n) is 5.25. The van der Waals surface area contributed by atoms with Gasteiger partial charge in [-0.15, -0.1) is 0 Å². The maximum atomic E-state index is 12.8. The molecule has 1 aromatic rings. The molecule has 5 nitrogen and oxygen atoms in total. The molecule has 1 aliphatic rings. The standard InChI is InChI=1S/C14H20BrNO4S/c1-20-10-12-3-2-6-16(8-12)21(18,19)14-5-4-11(9-17)7-13(14)15/h4-5,7,12,17H,2-3,6,8-10H2,1H3. The number of aliphatic hydroxyl groups excluding tert-OH is 1. The van der Waals surface area contributed by atoms with Crippen LogP contribution in [0.4, 0.5) is 0 Å². The summed E-state index contributed by atoms with van der Waals surface area (Å²) in [5.41, 5.74) is 0.678. The van der Waals surface area contributed by atoms with Gasteiger partial charge in [-0.2, -0.15) is 4.31 Å². The number of methoxy groups -OCH3 is 1. The van der Waals surface area contributed by atoms with E-state index < -0.39 is 10.0 Å². The van der Waals surface area contributed by atoms with Crippen molar-refractivity contribution in [1.29, 1.82) is 0 Å². The highest BCUT2D eigenvalue weighted by Crippen LogP contribution is 2.29. The van der Waals surface area contributed by atoms with Crippen LogP contribution in [0, 0.1) is 5.92 Å². The number of ether oxygens (including phenoxy) is 1. The van der Waals surface area contributed by atoms with Crippen LogP contribution in [0.2, 0.25) is 0 Å². The van der Waals surface area contributed by atoms with E-state index >= 15 is 0 Å². The van der Waals surface area contributed by atoms with Crippen LogP contribution in [-0.2, 0) is 21.4 Å². The number of halogens is 1. The fraction of sp³-hybridized carbons (Fsp3) is 0.571. The molecule has 0 bridgehead atoms. The van der Waals surface area contributed by atoms with Gasteiger partial charge in [-0.1, -0.05) is 6.07 Å².